The summed E-state index contributed by atoms with van der Waals surface area (Å²) in [6.07, 6.45) is 1.45. The van der Waals surface area contributed by atoms with Gasteiger partial charge < -0.3 is 4.90 Å². The predicted octanol–water partition coefficient (Wildman–Crippen LogP) is 3.14. The topological polar surface area (TPSA) is 46.4 Å². The van der Waals surface area contributed by atoms with Crippen molar-refractivity contribution < 1.29 is 9.31 Å². The molecule has 0 aromatic carbocycles. The largest absolute Gasteiger partial charge is 0.309 e. The molecule has 17 heavy (non-hydrogen) atoms. The average molecular weight is 244 g/mol. The fourth-order valence-electron chi connectivity index (χ4n) is 1.33. The van der Waals surface area contributed by atoms with Crippen molar-refractivity contribution in [1.29, 1.82) is 0 Å². The first-order valence-electron chi connectivity index (χ1n) is 5.71. The Labute approximate surface area is 102 Å². The molecule has 0 aliphatic rings. The Hall–Kier alpha value is -1.23. The minimum Gasteiger partial charge on any atom is -0.309 e. The van der Waals surface area contributed by atoms with Gasteiger partial charge in [0.05, 0.1) is 4.92 Å². The Morgan fingerprint density at radius 2 is 1.94 bits per heavy atom. The zero-order valence-electron chi connectivity index (χ0n) is 10.8. The number of halogens is 1. The molecule has 0 heterocycles. The molecule has 0 N–H and O–H groups in total. The number of nitro groups is 1. The van der Waals surface area contributed by atoms with Crippen LogP contribution in [-0.2, 0) is 0 Å². The van der Waals surface area contributed by atoms with Crippen LogP contribution in [0, 0.1) is 10.1 Å². The van der Waals surface area contributed by atoms with Crippen molar-refractivity contribution in [2.75, 3.05) is 20.6 Å². The lowest BCUT2D eigenvalue weighted by atomic mass is 10.1. The molecule has 0 bridgehead atoms. The Morgan fingerprint density at radius 1 is 1.35 bits per heavy atom. The lowest BCUT2D eigenvalue weighted by Gasteiger charge is -2.10. The van der Waals surface area contributed by atoms with Crippen LogP contribution in [0.4, 0.5) is 4.39 Å². The Balaban J connectivity index is 4.24. The summed E-state index contributed by atoms with van der Waals surface area (Å²) in [6, 6.07) is 0. The summed E-state index contributed by atoms with van der Waals surface area (Å²) in [6.45, 7) is 6.27. The van der Waals surface area contributed by atoms with Crippen molar-refractivity contribution in [2.24, 2.45) is 0 Å². The summed E-state index contributed by atoms with van der Waals surface area (Å²) in [5, 5.41) is 10.6. The molecular formula is C12H21FN2O2. The van der Waals surface area contributed by atoms with Crippen LogP contribution in [0.25, 0.3) is 0 Å². The molecule has 0 spiro atoms. The molecule has 0 aromatic rings. The minimum atomic E-state index is -0.629. The third-order valence-corrected chi connectivity index (χ3v) is 2.47. The maximum atomic E-state index is 13.2. The average Bonchev–Trinajstić information content (AvgIpc) is 2.25. The maximum Gasteiger partial charge on any atom is 0.277 e. The third kappa shape index (κ3) is 6.84. The molecule has 0 radical (unpaired) electrons. The normalized spacial score (nSPS) is 12.5. The van der Waals surface area contributed by atoms with Crippen molar-refractivity contribution in [1.82, 2.24) is 4.90 Å². The van der Waals surface area contributed by atoms with Crippen molar-refractivity contribution in [3.05, 3.63) is 33.8 Å². The number of hydrogen-bond acceptors (Lipinski definition) is 3. The SMILES string of the molecule is C=C(CC/C(=C(/F)CC)[N+](=O)[O-])CCN(C)C. The van der Waals surface area contributed by atoms with Crippen LogP contribution < -0.4 is 0 Å². The Morgan fingerprint density at radius 3 is 2.35 bits per heavy atom. The number of nitrogens with zero attached hydrogens (tertiary/aromatic N) is 2. The molecule has 0 atom stereocenters. The summed E-state index contributed by atoms with van der Waals surface area (Å²) < 4.78 is 13.2. The second kappa shape index (κ2) is 7.95. The summed E-state index contributed by atoms with van der Waals surface area (Å²) >= 11 is 0. The lowest BCUT2D eigenvalue weighted by molar-refractivity contribution is -0.430. The molecule has 0 aliphatic heterocycles. The number of allylic oxidation sites excluding steroid dienone is 2. The van der Waals surface area contributed by atoms with E-state index in [0.717, 1.165) is 18.5 Å². The Kier molecular flexibility index (Phi) is 7.37. The molecule has 0 saturated heterocycles. The summed E-state index contributed by atoms with van der Waals surface area (Å²) in [4.78, 5) is 12.0. The number of hydrogen-bond donors (Lipinski definition) is 0. The van der Waals surface area contributed by atoms with Gasteiger partial charge in [-0.15, -0.1) is 0 Å². The first-order chi connectivity index (χ1) is 7.88. The lowest BCUT2D eigenvalue weighted by Crippen LogP contribution is -2.13. The van der Waals surface area contributed by atoms with E-state index in [9.17, 15) is 14.5 Å². The van der Waals surface area contributed by atoms with Gasteiger partial charge in [0.25, 0.3) is 5.70 Å². The number of rotatable bonds is 8. The van der Waals surface area contributed by atoms with Gasteiger partial charge in [-0.25, -0.2) is 4.39 Å². The van der Waals surface area contributed by atoms with Gasteiger partial charge in [-0.3, -0.25) is 10.1 Å². The zero-order chi connectivity index (χ0) is 13.4. The van der Waals surface area contributed by atoms with Crippen molar-refractivity contribution in [3.63, 3.8) is 0 Å². The van der Waals surface area contributed by atoms with E-state index in [0.29, 0.717) is 6.42 Å². The zero-order valence-corrected chi connectivity index (χ0v) is 10.8. The summed E-state index contributed by atoms with van der Waals surface area (Å²) in [5.41, 5.74) is 0.612. The van der Waals surface area contributed by atoms with E-state index in [1.54, 1.807) is 6.92 Å². The second-order valence-electron chi connectivity index (χ2n) is 4.27. The third-order valence-electron chi connectivity index (χ3n) is 2.47. The van der Waals surface area contributed by atoms with Crippen molar-refractivity contribution in [2.45, 2.75) is 32.6 Å². The van der Waals surface area contributed by atoms with Crippen molar-refractivity contribution in [3.8, 4) is 0 Å². The van der Waals surface area contributed by atoms with Crippen LogP contribution in [0.3, 0.4) is 0 Å². The molecule has 4 nitrogen and oxygen atoms in total. The van der Waals surface area contributed by atoms with Gasteiger partial charge in [-0.2, -0.15) is 0 Å². The molecular weight excluding hydrogens is 223 g/mol. The molecule has 0 amide bonds. The first-order valence-corrected chi connectivity index (χ1v) is 5.71. The van der Waals surface area contributed by atoms with Crippen LogP contribution >= 0.6 is 0 Å². The molecule has 5 heteroatoms. The molecule has 0 unspecified atom stereocenters. The van der Waals surface area contributed by atoms with Gasteiger partial charge in [0, 0.05) is 19.4 Å². The van der Waals surface area contributed by atoms with Crippen LogP contribution in [-0.4, -0.2) is 30.5 Å². The molecule has 0 aromatic heterocycles. The van der Waals surface area contributed by atoms with Crippen LogP contribution in [0.5, 0.6) is 0 Å². The van der Waals surface area contributed by atoms with E-state index in [2.05, 4.69) is 6.58 Å². The molecule has 0 aliphatic carbocycles. The van der Waals surface area contributed by atoms with E-state index < -0.39 is 10.8 Å². The van der Waals surface area contributed by atoms with Gasteiger partial charge in [-0.1, -0.05) is 19.1 Å². The smallest absolute Gasteiger partial charge is 0.277 e. The van der Waals surface area contributed by atoms with Gasteiger partial charge in [0.1, 0.15) is 0 Å². The Bertz CT molecular complexity index is 312. The highest BCUT2D eigenvalue weighted by Gasteiger charge is 2.17. The van der Waals surface area contributed by atoms with E-state index in [1.807, 2.05) is 19.0 Å². The van der Waals surface area contributed by atoms with Crippen molar-refractivity contribution >= 4 is 0 Å². The van der Waals surface area contributed by atoms with Gasteiger partial charge >= 0.3 is 0 Å². The van der Waals surface area contributed by atoms with Crippen LogP contribution in [0.2, 0.25) is 0 Å². The highest BCUT2D eigenvalue weighted by molar-refractivity contribution is 5.04. The van der Waals surface area contributed by atoms with Gasteiger partial charge in [0.15, 0.2) is 5.83 Å². The maximum absolute atomic E-state index is 13.2. The minimum absolute atomic E-state index is 0.0699. The van der Waals surface area contributed by atoms with Crippen LogP contribution in [0.15, 0.2) is 23.7 Å². The molecule has 0 rings (SSSR count). The highest BCUT2D eigenvalue weighted by atomic mass is 19.1. The second-order valence-corrected chi connectivity index (χ2v) is 4.27. The van der Waals surface area contributed by atoms with Crippen LogP contribution in [0.1, 0.15) is 32.6 Å². The van der Waals surface area contributed by atoms with E-state index >= 15 is 0 Å². The van der Waals surface area contributed by atoms with Gasteiger partial charge in [0.2, 0.25) is 0 Å². The quantitative estimate of drug-likeness (QED) is 0.374. The van der Waals surface area contributed by atoms with E-state index in [-0.39, 0.29) is 18.5 Å². The fraction of sp³-hybridized carbons (Fsp3) is 0.667. The van der Waals surface area contributed by atoms with Gasteiger partial charge in [-0.05, 0) is 26.9 Å². The van der Waals surface area contributed by atoms with E-state index in [4.69, 9.17) is 0 Å². The monoisotopic (exact) mass is 244 g/mol. The molecule has 0 saturated carbocycles. The first kappa shape index (κ1) is 15.8. The summed E-state index contributed by atoms with van der Waals surface area (Å²) in [5.74, 6) is -0.629. The summed E-state index contributed by atoms with van der Waals surface area (Å²) in [7, 11) is 3.90. The standard InChI is InChI=1S/C12H21FN2O2/c1-5-11(13)12(15(16)17)7-6-10(2)8-9-14(3)4/h2,5-9H2,1,3-4H3/b12-11-. The van der Waals surface area contributed by atoms with E-state index in [1.165, 1.54) is 0 Å². The fourth-order valence-corrected chi connectivity index (χ4v) is 1.33. The molecule has 98 valence electrons. The molecule has 0 fully saturated rings. The highest BCUT2D eigenvalue weighted by Crippen LogP contribution is 2.19. The predicted molar refractivity (Wildman–Crippen MR) is 67.0 cm³/mol.